The Morgan fingerprint density at radius 3 is 2.70 bits per heavy atom. The second kappa shape index (κ2) is 6.05. The summed E-state index contributed by atoms with van der Waals surface area (Å²) in [5.74, 6) is 1.24. The lowest BCUT2D eigenvalue weighted by molar-refractivity contribution is 0.0562. The third-order valence-electron chi connectivity index (χ3n) is 2.96. The highest BCUT2D eigenvalue weighted by Gasteiger charge is 2.16. The van der Waals surface area contributed by atoms with Crippen molar-refractivity contribution in [2.45, 2.75) is 24.5 Å². The molecule has 0 bridgehead atoms. The highest BCUT2D eigenvalue weighted by Crippen LogP contribution is 2.27. The van der Waals surface area contributed by atoms with Gasteiger partial charge in [0, 0.05) is 16.1 Å². The average molecular weight is 291 g/mol. The Labute approximate surface area is 122 Å². The molecule has 0 aliphatic rings. The molecule has 20 heavy (non-hydrogen) atoms. The third kappa shape index (κ3) is 3.17. The van der Waals surface area contributed by atoms with Crippen LogP contribution in [0.1, 0.15) is 27.4 Å². The van der Waals surface area contributed by atoms with Crippen molar-refractivity contribution in [3.05, 3.63) is 46.9 Å². The van der Waals surface area contributed by atoms with Crippen LogP contribution in [0.15, 0.2) is 33.6 Å². The minimum Gasteiger partial charge on any atom is -0.463 e. The monoisotopic (exact) mass is 291 g/mol. The Hall–Kier alpha value is -1.88. The van der Waals surface area contributed by atoms with Crippen molar-refractivity contribution in [2.75, 3.05) is 12.8 Å². The van der Waals surface area contributed by atoms with Crippen LogP contribution in [0.5, 0.6) is 0 Å². The summed E-state index contributed by atoms with van der Waals surface area (Å²) in [5, 5.41) is 0. The number of nitrogen functional groups attached to an aromatic ring is 1. The molecule has 2 N–H and O–H groups in total. The van der Waals surface area contributed by atoms with Gasteiger partial charge in [-0.2, -0.15) is 0 Å². The number of methoxy groups -OCH3 is 1. The van der Waals surface area contributed by atoms with Crippen LogP contribution >= 0.6 is 11.8 Å². The number of nitrogens with two attached hydrogens (primary N) is 1. The van der Waals surface area contributed by atoms with Gasteiger partial charge in [-0.15, -0.1) is 11.8 Å². The standard InChI is InChI=1S/C15H17NO3S/c1-9-7-12(4-5-13(9)16)20-8-11-6-10(2)14(19-11)15(17)18-3/h4-7H,8,16H2,1-3H3. The molecule has 0 fully saturated rings. The second-order valence-electron chi connectivity index (χ2n) is 4.52. The van der Waals surface area contributed by atoms with Crippen molar-refractivity contribution >= 4 is 23.4 Å². The van der Waals surface area contributed by atoms with Crippen molar-refractivity contribution in [3.63, 3.8) is 0 Å². The summed E-state index contributed by atoms with van der Waals surface area (Å²) in [6.45, 7) is 3.81. The van der Waals surface area contributed by atoms with Gasteiger partial charge in [0.15, 0.2) is 0 Å². The maximum absolute atomic E-state index is 11.5. The molecule has 4 nitrogen and oxygen atoms in total. The fourth-order valence-electron chi connectivity index (χ4n) is 1.81. The molecule has 0 unspecified atom stereocenters. The van der Waals surface area contributed by atoms with Crippen LogP contribution in [0.3, 0.4) is 0 Å². The van der Waals surface area contributed by atoms with Gasteiger partial charge < -0.3 is 14.9 Å². The van der Waals surface area contributed by atoms with E-state index >= 15 is 0 Å². The summed E-state index contributed by atoms with van der Waals surface area (Å²) < 4.78 is 10.2. The number of ether oxygens (including phenoxy) is 1. The van der Waals surface area contributed by atoms with E-state index in [1.807, 2.05) is 38.1 Å². The van der Waals surface area contributed by atoms with E-state index in [0.29, 0.717) is 5.75 Å². The van der Waals surface area contributed by atoms with Crippen molar-refractivity contribution in [2.24, 2.45) is 0 Å². The summed E-state index contributed by atoms with van der Waals surface area (Å²) >= 11 is 1.64. The highest BCUT2D eigenvalue weighted by molar-refractivity contribution is 7.98. The molecule has 106 valence electrons. The molecule has 0 radical (unpaired) electrons. The van der Waals surface area contributed by atoms with Crippen molar-refractivity contribution in [3.8, 4) is 0 Å². The molecule has 0 aliphatic heterocycles. The molecule has 0 amide bonds. The minimum absolute atomic E-state index is 0.275. The number of thioether (sulfide) groups is 1. The number of furan rings is 1. The van der Waals surface area contributed by atoms with Gasteiger partial charge in [0.05, 0.1) is 12.9 Å². The lowest BCUT2D eigenvalue weighted by Gasteiger charge is -2.03. The van der Waals surface area contributed by atoms with Crippen LogP contribution in [0, 0.1) is 13.8 Å². The molecule has 2 aromatic rings. The Bertz CT molecular complexity index is 634. The average Bonchev–Trinajstić information content (AvgIpc) is 2.80. The fraction of sp³-hybridized carbons (Fsp3) is 0.267. The van der Waals surface area contributed by atoms with Gasteiger partial charge in [0.1, 0.15) is 5.76 Å². The zero-order valence-electron chi connectivity index (χ0n) is 11.7. The normalized spacial score (nSPS) is 10.6. The van der Waals surface area contributed by atoms with Crippen LogP contribution in [-0.2, 0) is 10.5 Å². The van der Waals surface area contributed by atoms with E-state index in [-0.39, 0.29) is 5.76 Å². The first-order valence-electron chi connectivity index (χ1n) is 6.18. The summed E-state index contributed by atoms with van der Waals surface area (Å²) in [6, 6.07) is 7.77. The van der Waals surface area contributed by atoms with Gasteiger partial charge in [0.2, 0.25) is 5.76 Å². The number of anilines is 1. The molecule has 0 aliphatic carbocycles. The lowest BCUT2D eigenvalue weighted by atomic mass is 10.2. The summed E-state index contributed by atoms with van der Waals surface area (Å²) in [6.07, 6.45) is 0. The van der Waals surface area contributed by atoms with Crippen LogP contribution in [-0.4, -0.2) is 13.1 Å². The summed E-state index contributed by atoms with van der Waals surface area (Å²) in [4.78, 5) is 12.6. The van der Waals surface area contributed by atoms with E-state index in [0.717, 1.165) is 27.5 Å². The molecule has 0 spiro atoms. The number of hydrogen-bond acceptors (Lipinski definition) is 5. The zero-order valence-corrected chi connectivity index (χ0v) is 12.5. The first-order chi connectivity index (χ1) is 9.51. The number of aryl methyl sites for hydroxylation is 2. The Kier molecular flexibility index (Phi) is 4.39. The van der Waals surface area contributed by atoms with Crippen molar-refractivity contribution in [1.29, 1.82) is 0 Å². The lowest BCUT2D eigenvalue weighted by Crippen LogP contribution is -2.00. The van der Waals surface area contributed by atoms with E-state index in [9.17, 15) is 4.79 Å². The van der Waals surface area contributed by atoms with Gasteiger partial charge in [-0.3, -0.25) is 0 Å². The van der Waals surface area contributed by atoms with Crippen LogP contribution in [0.25, 0.3) is 0 Å². The van der Waals surface area contributed by atoms with Crippen LogP contribution in [0.2, 0.25) is 0 Å². The number of carbonyl (C=O) groups is 1. The molecular formula is C15H17NO3S. The summed E-state index contributed by atoms with van der Waals surface area (Å²) in [5.41, 5.74) is 8.43. The number of rotatable bonds is 4. The number of hydrogen-bond donors (Lipinski definition) is 1. The second-order valence-corrected chi connectivity index (χ2v) is 5.57. The largest absolute Gasteiger partial charge is 0.463 e. The van der Waals surface area contributed by atoms with Gasteiger partial charge in [-0.1, -0.05) is 0 Å². The Morgan fingerprint density at radius 1 is 1.30 bits per heavy atom. The SMILES string of the molecule is COC(=O)c1oc(CSc2ccc(N)c(C)c2)cc1C. The van der Waals surface area contributed by atoms with Crippen LogP contribution < -0.4 is 5.73 Å². The third-order valence-corrected chi connectivity index (χ3v) is 3.98. The van der Waals surface area contributed by atoms with Crippen LogP contribution in [0.4, 0.5) is 5.69 Å². The maximum Gasteiger partial charge on any atom is 0.374 e. The van der Waals surface area contributed by atoms with Crippen molar-refractivity contribution < 1.29 is 13.9 Å². The predicted molar refractivity (Wildman–Crippen MR) is 79.9 cm³/mol. The molecule has 1 aromatic carbocycles. The van der Waals surface area contributed by atoms with E-state index in [4.69, 9.17) is 10.2 Å². The zero-order chi connectivity index (χ0) is 14.7. The predicted octanol–water partition coefficient (Wildman–Crippen LogP) is 3.56. The first kappa shape index (κ1) is 14.5. The molecule has 1 aromatic heterocycles. The van der Waals surface area contributed by atoms with E-state index < -0.39 is 5.97 Å². The fourth-order valence-corrected chi connectivity index (χ4v) is 2.68. The topological polar surface area (TPSA) is 65.5 Å². The number of carbonyl (C=O) groups excluding carboxylic acids is 1. The van der Waals surface area contributed by atoms with Gasteiger partial charge in [-0.25, -0.2) is 4.79 Å². The van der Waals surface area contributed by atoms with E-state index in [1.165, 1.54) is 7.11 Å². The molecule has 0 saturated carbocycles. The van der Waals surface area contributed by atoms with Crippen molar-refractivity contribution in [1.82, 2.24) is 0 Å². The van der Waals surface area contributed by atoms with E-state index in [2.05, 4.69) is 4.74 Å². The van der Waals surface area contributed by atoms with Gasteiger partial charge in [0.25, 0.3) is 0 Å². The molecule has 2 rings (SSSR count). The molecule has 0 saturated heterocycles. The first-order valence-corrected chi connectivity index (χ1v) is 7.16. The minimum atomic E-state index is -0.443. The molecular weight excluding hydrogens is 274 g/mol. The Balaban J connectivity index is 2.07. The molecule has 5 heteroatoms. The smallest absolute Gasteiger partial charge is 0.374 e. The van der Waals surface area contributed by atoms with Gasteiger partial charge in [-0.05, 0) is 43.7 Å². The quantitative estimate of drug-likeness (QED) is 0.530. The maximum atomic E-state index is 11.5. The Morgan fingerprint density at radius 2 is 2.05 bits per heavy atom. The highest BCUT2D eigenvalue weighted by atomic mass is 32.2. The molecule has 0 atom stereocenters. The van der Waals surface area contributed by atoms with Gasteiger partial charge >= 0.3 is 5.97 Å². The number of benzene rings is 1. The molecule has 1 heterocycles. The summed E-state index contributed by atoms with van der Waals surface area (Å²) in [7, 11) is 1.34. The van der Waals surface area contributed by atoms with E-state index in [1.54, 1.807) is 11.8 Å². The number of esters is 1.